The van der Waals surface area contributed by atoms with Gasteiger partial charge in [0.05, 0.1) is 33.8 Å². The first-order valence-corrected chi connectivity index (χ1v) is 7.26. The highest BCUT2D eigenvalue weighted by Crippen LogP contribution is 2.28. The van der Waals surface area contributed by atoms with Crippen molar-refractivity contribution >= 4 is 28.7 Å². The molecule has 0 unspecified atom stereocenters. The molecule has 0 radical (unpaired) electrons. The van der Waals surface area contributed by atoms with E-state index in [1.807, 2.05) is 0 Å². The molecular formula is C16H13ClN2O4. The Morgan fingerprint density at radius 2 is 2.04 bits per heavy atom. The fraction of sp³-hybridized carbons (Fsp3) is 0.188. The molecule has 2 heterocycles. The Morgan fingerprint density at radius 3 is 2.70 bits per heavy atom. The lowest BCUT2D eigenvalue weighted by atomic mass is 10.1. The van der Waals surface area contributed by atoms with Crippen LogP contribution in [0.1, 0.15) is 16.8 Å². The topological polar surface area (TPSA) is 85.3 Å². The van der Waals surface area contributed by atoms with E-state index in [0.29, 0.717) is 27.4 Å². The summed E-state index contributed by atoms with van der Waals surface area (Å²) in [6.07, 6.45) is -0.388. The summed E-state index contributed by atoms with van der Waals surface area (Å²) in [5.41, 5.74) is 1.49. The summed E-state index contributed by atoms with van der Waals surface area (Å²) in [7, 11) is 0. The van der Waals surface area contributed by atoms with E-state index in [1.165, 1.54) is 4.68 Å². The van der Waals surface area contributed by atoms with Crippen molar-refractivity contribution in [3.05, 3.63) is 56.5 Å². The maximum Gasteiger partial charge on any atom is 0.341 e. The van der Waals surface area contributed by atoms with Crippen molar-refractivity contribution in [1.82, 2.24) is 9.78 Å². The van der Waals surface area contributed by atoms with Gasteiger partial charge in [0, 0.05) is 0 Å². The van der Waals surface area contributed by atoms with Crippen LogP contribution in [0.25, 0.3) is 16.8 Å². The molecule has 0 aliphatic heterocycles. The van der Waals surface area contributed by atoms with Gasteiger partial charge in [-0.3, -0.25) is 4.79 Å². The summed E-state index contributed by atoms with van der Waals surface area (Å²) >= 11 is 6.19. The summed E-state index contributed by atoms with van der Waals surface area (Å²) in [4.78, 5) is 23.1. The number of rotatable bonds is 3. The molecule has 0 spiro atoms. The molecule has 0 saturated carbocycles. The lowest BCUT2D eigenvalue weighted by Crippen LogP contribution is -2.15. The molecule has 0 aliphatic carbocycles. The first-order valence-electron chi connectivity index (χ1n) is 6.88. The number of hydrogen-bond donors (Lipinski definition) is 1. The quantitative estimate of drug-likeness (QED) is 0.797. The highest BCUT2D eigenvalue weighted by atomic mass is 35.5. The van der Waals surface area contributed by atoms with Crippen molar-refractivity contribution in [2.24, 2.45) is 0 Å². The van der Waals surface area contributed by atoms with E-state index < -0.39 is 11.6 Å². The predicted octanol–water partition coefficient (Wildman–Crippen LogP) is 2.88. The van der Waals surface area contributed by atoms with Crippen LogP contribution in [0.2, 0.25) is 5.02 Å². The molecule has 23 heavy (non-hydrogen) atoms. The highest BCUT2D eigenvalue weighted by molar-refractivity contribution is 6.32. The number of fused-ring (bicyclic) bond motifs is 1. The molecule has 0 bridgehead atoms. The lowest BCUT2D eigenvalue weighted by molar-refractivity contribution is -0.136. The van der Waals surface area contributed by atoms with Gasteiger partial charge in [0.2, 0.25) is 5.71 Å². The third-order valence-corrected chi connectivity index (χ3v) is 4.01. The molecule has 0 amide bonds. The van der Waals surface area contributed by atoms with E-state index in [9.17, 15) is 9.59 Å². The molecule has 1 aromatic carbocycles. The average Bonchev–Trinajstić information content (AvgIpc) is 2.80. The van der Waals surface area contributed by atoms with Gasteiger partial charge in [0.15, 0.2) is 0 Å². The minimum Gasteiger partial charge on any atom is -0.481 e. The number of aliphatic carboxylic acids is 1. The number of benzene rings is 1. The number of nitrogens with zero attached hydrogens (tertiary/aromatic N) is 2. The number of aromatic nitrogens is 2. The van der Waals surface area contributed by atoms with E-state index in [0.717, 1.165) is 0 Å². The van der Waals surface area contributed by atoms with Crippen LogP contribution < -0.4 is 5.63 Å². The lowest BCUT2D eigenvalue weighted by Gasteiger charge is -2.06. The standard InChI is InChI=1S/C16H13ClN2O4/c1-8-10(7-13(20)21)16(22)23-15-14(8)9(2)18-19(15)12-6-4-3-5-11(12)17/h3-6H,7H2,1-2H3,(H,20,21). The zero-order chi connectivity index (χ0) is 16.7. The van der Waals surface area contributed by atoms with E-state index in [1.54, 1.807) is 38.1 Å². The first-order chi connectivity index (χ1) is 10.9. The highest BCUT2D eigenvalue weighted by Gasteiger charge is 2.21. The van der Waals surface area contributed by atoms with Crippen LogP contribution >= 0.6 is 11.6 Å². The summed E-state index contributed by atoms with van der Waals surface area (Å²) in [5, 5.41) is 14.4. The van der Waals surface area contributed by atoms with Gasteiger partial charge in [-0.05, 0) is 31.5 Å². The van der Waals surface area contributed by atoms with E-state index in [-0.39, 0.29) is 17.7 Å². The summed E-state index contributed by atoms with van der Waals surface area (Å²) in [6.45, 7) is 3.47. The minimum atomic E-state index is -1.09. The Balaban J connectivity index is 2.35. The van der Waals surface area contributed by atoms with Crippen molar-refractivity contribution < 1.29 is 14.3 Å². The summed E-state index contributed by atoms with van der Waals surface area (Å²) in [6, 6.07) is 7.06. The molecule has 3 rings (SSSR count). The number of carbonyl (C=O) groups is 1. The maximum absolute atomic E-state index is 12.2. The van der Waals surface area contributed by atoms with Gasteiger partial charge >= 0.3 is 11.6 Å². The normalized spacial score (nSPS) is 11.1. The molecule has 0 saturated heterocycles. The summed E-state index contributed by atoms with van der Waals surface area (Å²) < 4.78 is 6.82. The van der Waals surface area contributed by atoms with Crippen LogP contribution in [0.15, 0.2) is 33.5 Å². The Bertz CT molecular complexity index is 988. The number of carboxylic acids is 1. The number of carboxylic acid groups (broad SMARTS) is 1. The van der Waals surface area contributed by atoms with Crippen molar-refractivity contribution in [1.29, 1.82) is 0 Å². The predicted molar refractivity (Wildman–Crippen MR) is 85.4 cm³/mol. The number of halogens is 1. The van der Waals surface area contributed by atoms with Gasteiger partial charge < -0.3 is 9.52 Å². The SMILES string of the molecule is Cc1nn(-c2ccccc2Cl)c2oc(=O)c(CC(=O)O)c(C)c12. The Kier molecular flexibility index (Phi) is 3.69. The van der Waals surface area contributed by atoms with Crippen LogP contribution in [-0.2, 0) is 11.2 Å². The molecule has 6 nitrogen and oxygen atoms in total. The fourth-order valence-corrected chi connectivity index (χ4v) is 2.84. The van der Waals surface area contributed by atoms with Crippen LogP contribution in [0.5, 0.6) is 0 Å². The second-order valence-corrected chi connectivity index (χ2v) is 5.60. The molecule has 0 aliphatic rings. The molecule has 7 heteroatoms. The molecule has 118 valence electrons. The second-order valence-electron chi connectivity index (χ2n) is 5.19. The van der Waals surface area contributed by atoms with Gasteiger partial charge in [-0.15, -0.1) is 0 Å². The Morgan fingerprint density at radius 1 is 1.35 bits per heavy atom. The molecule has 1 N–H and O–H groups in total. The number of para-hydroxylation sites is 1. The van der Waals surface area contributed by atoms with Crippen LogP contribution in [0, 0.1) is 13.8 Å². The third-order valence-electron chi connectivity index (χ3n) is 3.69. The van der Waals surface area contributed by atoms with Gasteiger partial charge in [0.25, 0.3) is 0 Å². The van der Waals surface area contributed by atoms with Gasteiger partial charge in [-0.2, -0.15) is 9.78 Å². The largest absolute Gasteiger partial charge is 0.481 e. The van der Waals surface area contributed by atoms with E-state index in [2.05, 4.69) is 5.10 Å². The molecule has 0 atom stereocenters. The van der Waals surface area contributed by atoms with Gasteiger partial charge in [-0.25, -0.2) is 4.79 Å². The molecule has 2 aromatic heterocycles. The maximum atomic E-state index is 12.2. The van der Waals surface area contributed by atoms with Crippen LogP contribution in [0.4, 0.5) is 0 Å². The van der Waals surface area contributed by atoms with Gasteiger partial charge in [0.1, 0.15) is 0 Å². The smallest absolute Gasteiger partial charge is 0.341 e. The molecule has 3 aromatic rings. The van der Waals surface area contributed by atoms with Crippen molar-refractivity contribution in [3.63, 3.8) is 0 Å². The average molecular weight is 333 g/mol. The molecule has 0 fully saturated rings. The van der Waals surface area contributed by atoms with Gasteiger partial charge in [-0.1, -0.05) is 23.7 Å². The Hall–Kier alpha value is -2.60. The zero-order valence-corrected chi connectivity index (χ0v) is 13.2. The molecular weight excluding hydrogens is 320 g/mol. The van der Waals surface area contributed by atoms with E-state index in [4.69, 9.17) is 21.1 Å². The first kappa shape index (κ1) is 15.3. The number of aryl methyl sites for hydroxylation is 2. The monoisotopic (exact) mass is 332 g/mol. The summed E-state index contributed by atoms with van der Waals surface area (Å²) in [5.74, 6) is -1.09. The van der Waals surface area contributed by atoms with E-state index >= 15 is 0 Å². The van der Waals surface area contributed by atoms with Crippen molar-refractivity contribution in [2.45, 2.75) is 20.3 Å². The van der Waals surface area contributed by atoms with Crippen molar-refractivity contribution in [2.75, 3.05) is 0 Å². The fourth-order valence-electron chi connectivity index (χ4n) is 2.63. The Labute approximate surface area is 135 Å². The van der Waals surface area contributed by atoms with Crippen molar-refractivity contribution in [3.8, 4) is 5.69 Å². The second kappa shape index (κ2) is 5.55. The zero-order valence-electron chi connectivity index (χ0n) is 12.5. The third kappa shape index (κ3) is 2.51. The number of hydrogen-bond acceptors (Lipinski definition) is 4. The van der Waals surface area contributed by atoms with Crippen LogP contribution in [-0.4, -0.2) is 20.9 Å². The van der Waals surface area contributed by atoms with Crippen LogP contribution in [0.3, 0.4) is 0 Å². The minimum absolute atomic E-state index is 0.131.